The second-order valence-corrected chi connectivity index (χ2v) is 9.89. The van der Waals surface area contributed by atoms with Crippen LogP contribution < -0.4 is 15.5 Å². The average Bonchev–Trinajstić information content (AvgIpc) is 3.21. The lowest BCUT2D eigenvalue weighted by molar-refractivity contribution is -0.115. The maximum Gasteiger partial charge on any atom is 0.254 e. The third-order valence-corrected chi connectivity index (χ3v) is 7.70. The molecule has 5 rings (SSSR count). The Kier molecular flexibility index (Phi) is 6.44. The number of hydrogen-bond donors (Lipinski definition) is 2. The second kappa shape index (κ2) is 9.79. The molecule has 6 heteroatoms. The number of thiophene rings is 1. The van der Waals surface area contributed by atoms with E-state index in [0.29, 0.717) is 23.7 Å². The van der Waals surface area contributed by atoms with Gasteiger partial charge < -0.3 is 15.5 Å². The molecular formula is C27H29N3O2S. The number of benzene rings is 2. The Morgan fingerprint density at radius 1 is 0.909 bits per heavy atom. The van der Waals surface area contributed by atoms with Crippen LogP contribution in [0.2, 0.25) is 0 Å². The van der Waals surface area contributed by atoms with Crippen molar-refractivity contribution in [2.45, 2.75) is 45.1 Å². The zero-order valence-electron chi connectivity index (χ0n) is 18.7. The van der Waals surface area contributed by atoms with Crippen molar-refractivity contribution in [2.75, 3.05) is 23.3 Å². The van der Waals surface area contributed by atoms with Gasteiger partial charge in [0.15, 0.2) is 0 Å². The molecule has 1 aromatic heterocycles. The lowest BCUT2D eigenvalue weighted by atomic mass is 9.95. The van der Waals surface area contributed by atoms with Gasteiger partial charge in [-0.1, -0.05) is 48.5 Å². The third-order valence-electron chi connectivity index (χ3n) is 6.49. The number of aryl methyl sites for hydroxylation is 2. The molecule has 33 heavy (non-hydrogen) atoms. The fourth-order valence-corrected chi connectivity index (χ4v) is 6.18. The van der Waals surface area contributed by atoms with Crippen LogP contribution in [0.1, 0.15) is 51.2 Å². The third kappa shape index (κ3) is 4.81. The second-order valence-electron chi connectivity index (χ2n) is 8.79. The number of nitrogens with zero attached hydrogens (tertiary/aromatic N) is 1. The first-order valence-electron chi connectivity index (χ1n) is 11.8. The van der Waals surface area contributed by atoms with Crippen molar-refractivity contribution in [2.24, 2.45) is 0 Å². The van der Waals surface area contributed by atoms with Crippen LogP contribution in [0.5, 0.6) is 0 Å². The van der Waals surface area contributed by atoms with Gasteiger partial charge in [0.2, 0.25) is 5.91 Å². The number of fused-ring (bicyclic) bond motifs is 2. The molecule has 2 heterocycles. The molecule has 0 bridgehead atoms. The zero-order valence-corrected chi connectivity index (χ0v) is 19.5. The van der Waals surface area contributed by atoms with Crippen LogP contribution in [0.3, 0.4) is 0 Å². The van der Waals surface area contributed by atoms with E-state index in [1.54, 1.807) is 11.3 Å². The molecule has 0 saturated carbocycles. The molecule has 2 aromatic carbocycles. The van der Waals surface area contributed by atoms with Crippen LogP contribution in [0.25, 0.3) is 0 Å². The van der Waals surface area contributed by atoms with E-state index in [1.165, 1.54) is 10.4 Å². The minimum absolute atomic E-state index is 0.0672. The van der Waals surface area contributed by atoms with Crippen molar-refractivity contribution in [3.63, 3.8) is 0 Å². The van der Waals surface area contributed by atoms with Crippen molar-refractivity contribution in [1.82, 2.24) is 5.32 Å². The maximum atomic E-state index is 13.2. The van der Waals surface area contributed by atoms with Crippen LogP contribution in [0, 0.1) is 0 Å². The number of carbonyl (C=O) groups excluding carboxylic acids is 2. The Labute approximate surface area is 198 Å². The molecule has 0 unspecified atom stereocenters. The smallest absolute Gasteiger partial charge is 0.254 e. The lowest BCUT2D eigenvalue weighted by Crippen LogP contribution is -2.37. The van der Waals surface area contributed by atoms with Gasteiger partial charge in [0.05, 0.1) is 12.1 Å². The molecule has 170 valence electrons. The molecular weight excluding hydrogens is 430 g/mol. The summed E-state index contributed by atoms with van der Waals surface area (Å²) in [6, 6.07) is 18.2. The molecule has 2 aliphatic rings. The fourth-order valence-electron chi connectivity index (χ4n) is 4.88. The predicted octanol–water partition coefficient (Wildman–Crippen LogP) is 4.95. The Bertz CT molecular complexity index is 1160. The van der Waals surface area contributed by atoms with Crippen LogP contribution in [0.15, 0.2) is 54.6 Å². The molecule has 0 saturated heterocycles. The van der Waals surface area contributed by atoms with Gasteiger partial charge in [-0.15, -0.1) is 11.3 Å². The highest BCUT2D eigenvalue weighted by atomic mass is 32.1. The molecule has 2 amide bonds. The fraction of sp³-hybridized carbons (Fsp3) is 0.333. The van der Waals surface area contributed by atoms with Crippen molar-refractivity contribution in [1.29, 1.82) is 0 Å². The Morgan fingerprint density at radius 2 is 1.70 bits per heavy atom. The highest BCUT2D eigenvalue weighted by Crippen LogP contribution is 2.38. The monoisotopic (exact) mass is 459 g/mol. The number of anilines is 2. The van der Waals surface area contributed by atoms with Gasteiger partial charge in [-0.05, 0) is 61.3 Å². The standard InChI is InChI=1S/C27H29N3O2S/c31-24(18-30-16-8-12-20-11-4-6-14-22(20)30)29-27-25(21-13-5-7-15-23(21)33-27)26(32)28-17-19-9-2-1-3-10-19/h1-4,6,9-11,14H,5,7-8,12-13,15-18H2,(H,28,32)(H,29,31). The topological polar surface area (TPSA) is 61.4 Å². The van der Waals surface area contributed by atoms with Crippen LogP contribution in [-0.4, -0.2) is 24.9 Å². The maximum absolute atomic E-state index is 13.2. The summed E-state index contributed by atoms with van der Waals surface area (Å²) in [6.45, 7) is 1.64. The van der Waals surface area contributed by atoms with E-state index < -0.39 is 0 Å². The average molecular weight is 460 g/mol. The number of nitrogens with one attached hydrogen (secondary N) is 2. The van der Waals surface area contributed by atoms with E-state index in [4.69, 9.17) is 0 Å². The van der Waals surface area contributed by atoms with Gasteiger partial charge in [-0.3, -0.25) is 9.59 Å². The number of hydrogen-bond acceptors (Lipinski definition) is 4. The van der Waals surface area contributed by atoms with Crippen molar-refractivity contribution < 1.29 is 9.59 Å². The molecule has 1 aliphatic heterocycles. The predicted molar refractivity (Wildman–Crippen MR) is 134 cm³/mol. The van der Waals surface area contributed by atoms with Gasteiger partial charge >= 0.3 is 0 Å². The minimum Gasteiger partial charge on any atom is -0.362 e. The quantitative estimate of drug-likeness (QED) is 0.548. The van der Waals surface area contributed by atoms with E-state index in [1.807, 2.05) is 36.4 Å². The summed E-state index contributed by atoms with van der Waals surface area (Å²) in [6.07, 6.45) is 6.20. The molecule has 0 atom stereocenters. The number of para-hydroxylation sites is 1. The summed E-state index contributed by atoms with van der Waals surface area (Å²) >= 11 is 1.58. The van der Waals surface area contributed by atoms with E-state index in [2.05, 4.69) is 33.7 Å². The molecule has 0 radical (unpaired) electrons. The van der Waals surface area contributed by atoms with Crippen molar-refractivity contribution in [3.8, 4) is 0 Å². The zero-order chi connectivity index (χ0) is 22.6. The molecule has 0 fully saturated rings. The van der Waals surface area contributed by atoms with Crippen LogP contribution >= 0.6 is 11.3 Å². The Balaban J connectivity index is 1.33. The van der Waals surface area contributed by atoms with E-state index >= 15 is 0 Å². The number of carbonyl (C=O) groups is 2. The number of rotatable bonds is 6. The Hall–Kier alpha value is -3.12. The summed E-state index contributed by atoms with van der Waals surface area (Å²) in [5, 5.41) is 6.86. The summed E-state index contributed by atoms with van der Waals surface area (Å²) in [7, 11) is 0. The minimum atomic E-state index is -0.100. The largest absolute Gasteiger partial charge is 0.362 e. The van der Waals surface area contributed by atoms with Gasteiger partial charge in [-0.2, -0.15) is 0 Å². The van der Waals surface area contributed by atoms with Crippen molar-refractivity contribution in [3.05, 3.63) is 81.7 Å². The first-order chi connectivity index (χ1) is 16.2. The normalized spacial score (nSPS) is 14.8. The molecule has 0 spiro atoms. The molecule has 3 aromatic rings. The SMILES string of the molecule is O=C(CN1CCCc2ccccc21)Nc1sc2c(c1C(=O)NCc1ccccc1)CCCC2. The number of amides is 2. The molecule has 2 N–H and O–H groups in total. The van der Waals surface area contributed by atoms with Gasteiger partial charge in [-0.25, -0.2) is 0 Å². The van der Waals surface area contributed by atoms with E-state index in [0.717, 1.165) is 61.9 Å². The first kappa shape index (κ1) is 21.7. The first-order valence-corrected chi connectivity index (χ1v) is 12.6. The van der Waals surface area contributed by atoms with Gasteiger partial charge in [0.25, 0.3) is 5.91 Å². The van der Waals surface area contributed by atoms with Gasteiger partial charge in [0, 0.05) is 23.7 Å². The highest BCUT2D eigenvalue weighted by Gasteiger charge is 2.27. The summed E-state index contributed by atoms with van der Waals surface area (Å²) < 4.78 is 0. The summed E-state index contributed by atoms with van der Waals surface area (Å²) in [5.74, 6) is -0.167. The van der Waals surface area contributed by atoms with Gasteiger partial charge in [0.1, 0.15) is 5.00 Å². The van der Waals surface area contributed by atoms with E-state index in [-0.39, 0.29) is 11.8 Å². The Morgan fingerprint density at radius 3 is 2.58 bits per heavy atom. The van der Waals surface area contributed by atoms with E-state index in [9.17, 15) is 9.59 Å². The highest BCUT2D eigenvalue weighted by molar-refractivity contribution is 7.17. The lowest BCUT2D eigenvalue weighted by Gasteiger charge is -2.30. The molecule has 1 aliphatic carbocycles. The summed E-state index contributed by atoms with van der Waals surface area (Å²) in [5.41, 5.74) is 5.28. The molecule has 5 nitrogen and oxygen atoms in total. The van der Waals surface area contributed by atoms with Crippen molar-refractivity contribution >= 4 is 33.8 Å². The summed E-state index contributed by atoms with van der Waals surface area (Å²) in [4.78, 5) is 29.7. The van der Waals surface area contributed by atoms with Crippen LogP contribution in [-0.2, 0) is 30.6 Å². The van der Waals surface area contributed by atoms with Crippen LogP contribution in [0.4, 0.5) is 10.7 Å².